The predicted octanol–water partition coefficient (Wildman–Crippen LogP) is 9.23. The number of likely N-dealkylation sites (tertiary alicyclic amines) is 1. The molecule has 3 aliphatic carbocycles. The fourth-order valence-corrected chi connectivity index (χ4v) is 13.7. The van der Waals surface area contributed by atoms with E-state index < -0.39 is 17.9 Å². The van der Waals surface area contributed by atoms with Gasteiger partial charge in [0.15, 0.2) is 5.78 Å². The number of nitriles is 1. The summed E-state index contributed by atoms with van der Waals surface area (Å²) in [5.41, 5.74) is 4.89. The second-order valence-electron chi connectivity index (χ2n) is 21.5. The van der Waals surface area contributed by atoms with Gasteiger partial charge in [-0.15, -0.1) is 0 Å². The molecule has 5 atom stereocenters. The number of piperidine rings is 1. The molecule has 2 aromatic carbocycles. The predicted molar refractivity (Wildman–Crippen MR) is 252 cm³/mol. The summed E-state index contributed by atoms with van der Waals surface area (Å²) in [5.74, 6) is 9.28. The van der Waals surface area contributed by atoms with Crippen LogP contribution in [-0.4, -0.2) is 89.4 Å². The van der Waals surface area contributed by atoms with Gasteiger partial charge < -0.3 is 10.2 Å². The van der Waals surface area contributed by atoms with Crippen LogP contribution in [0.1, 0.15) is 149 Å². The standard InChI is InChI=1S/C54H68ClN5O4/c1-34-31-59(52-53(3,4)49(54(52,5)6)21-14-37-12-16-42(29-56)46(55)27-37)33-39(30-57-34)11-10-36-22-24-58(25-23-36)32-38-13-15-40(26-38)35(2)41-17-19-44-45(28-41)51(64)60(50(44)63)47-20-18-43(61)8-7-9-48(47)62/h12,16-17,19,27-28,35-36,38-40,47,49,52,57H,1,7-9,13-15,18,20-26,30-33H2,2-6H3/t35?,38?,39?,40?,47?,49-,52-. The van der Waals surface area contributed by atoms with Crippen molar-refractivity contribution in [3.63, 3.8) is 0 Å². The van der Waals surface area contributed by atoms with Crippen LogP contribution in [0.5, 0.6) is 0 Å². The highest BCUT2D eigenvalue weighted by Gasteiger charge is 2.62. The highest BCUT2D eigenvalue weighted by Crippen LogP contribution is 2.62. The minimum Gasteiger partial charge on any atom is -0.386 e. The van der Waals surface area contributed by atoms with Gasteiger partial charge in [0, 0.05) is 63.1 Å². The molecule has 8 rings (SSSR count). The van der Waals surface area contributed by atoms with E-state index in [1.165, 1.54) is 12.0 Å². The van der Waals surface area contributed by atoms with Gasteiger partial charge in [-0.1, -0.05) is 76.8 Å². The highest BCUT2D eigenvalue weighted by molar-refractivity contribution is 6.31. The van der Waals surface area contributed by atoms with Gasteiger partial charge in [0.1, 0.15) is 11.9 Å². The number of hydrogen-bond acceptors (Lipinski definition) is 8. The van der Waals surface area contributed by atoms with E-state index in [9.17, 15) is 24.4 Å². The maximum Gasteiger partial charge on any atom is 0.262 e. The quantitative estimate of drug-likeness (QED) is 0.196. The monoisotopic (exact) mass is 885 g/mol. The molecule has 1 N–H and O–H groups in total. The summed E-state index contributed by atoms with van der Waals surface area (Å²) < 4.78 is 0. The number of ketones is 2. The Kier molecular flexibility index (Phi) is 13.7. The van der Waals surface area contributed by atoms with Gasteiger partial charge in [0.05, 0.1) is 33.7 Å². The zero-order chi connectivity index (χ0) is 45.5. The molecule has 5 fully saturated rings. The third-order valence-electron chi connectivity index (χ3n) is 16.5. The number of imide groups is 1. The summed E-state index contributed by atoms with van der Waals surface area (Å²) in [4.78, 5) is 58.8. The van der Waals surface area contributed by atoms with E-state index in [1.54, 1.807) is 6.07 Å². The molecule has 3 aliphatic heterocycles. The minimum atomic E-state index is -0.858. The van der Waals surface area contributed by atoms with Crippen LogP contribution in [0.15, 0.2) is 48.7 Å². The third kappa shape index (κ3) is 9.38. The average molecular weight is 887 g/mol. The zero-order valence-corrected chi connectivity index (χ0v) is 39.6. The van der Waals surface area contributed by atoms with E-state index >= 15 is 0 Å². The number of nitrogens with one attached hydrogen (secondary N) is 1. The van der Waals surface area contributed by atoms with Crippen molar-refractivity contribution in [3.8, 4) is 17.9 Å². The van der Waals surface area contributed by atoms with E-state index in [0.29, 0.717) is 64.3 Å². The van der Waals surface area contributed by atoms with E-state index in [-0.39, 0.29) is 53.5 Å². The van der Waals surface area contributed by atoms with Gasteiger partial charge in [0.2, 0.25) is 0 Å². The molecule has 64 heavy (non-hydrogen) atoms. The van der Waals surface area contributed by atoms with Crippen molar-refractivity contribution in [2.45, 2.75) is 130 Å². The van der Waals surface area contributed by atoms with E-state index in [2.05, 4.69) is 74.2 Å². The van der Waals surface area contributed by atoms with Gasteiger partial charge in [-0.05, 0) is 141 Å². The number of aryl methyl sites for hydroxylation is 1. The second kappa shape index (κ2) is 18.9. The summed E-state index contributed by atoms with van der Waals surface area (Å²) in [6.45, 7) is 22.3. The Balaban J connectivity index is 0.811. The van der Waals surface area contributed by atoms with Crippen LogP contribution in [0.3, 0.4) is 0 Å². The lowest BCUT2D eigenvalue weighted by Crippen LogP contribution is -2.70. The molecule has 0 aromatic heterocycles. The Morgan fingerprint density at radius 1 is 0.891 bits per heavy atom. The average Bonchev–Trinajstić information content (AvgIpc) is 3.75. The lowest BCUT2D eigenvalue weighted by atomic mass is 9.43. The smallest absolute Gasteiger partial charge is 0.262 e. The molecular weight excluding hydrogens is 818 g/mol. The van der Waals surface area contributed by atoms with Crippen molar-refractivity contribution in [1.29, 1.82) is 5.26 Å². The Morgan fingerprint density at radius 3 is 2.36 bits per heavy atom. The Labute approximate surface area is 386 Å². The van der Waals surface area contributed by atoms with E-state index in [1.807, 2.05) is 30.3 Å². The number of carbonyl (C=O) groups is 4. The second-order valence-corrected chi connectivity index (χ2v) is 21.9. The fraction of sp³-hybridized carbons (Fsp3) is 0.611. The molecule has 2 amide bonds. The number of benzene rings is 2. The molecule has 0 radical (unpaired) electrons. The van der Waals surface area contributed by atoms with Crippen molar-refractivity contribution in [1.82, 2.24) is 20.0 Å². The van der Waals surface area contributed by atoms with Gasteiger partial charge in [-0.2, -0.15) is 5.26 Å². The number of nitrogens with zero attached hydrogens (tertiary/aromatic N) is 4. The van der Waals surface area contributed by atoms with Crippen molar-refractivity contribution in [2.75, 3.05) is 39.3 Å². The summed E-state index contributed by atoms with van der Waals surface area (Å²) in [6, 6.07) is 13.3. The van der Waals surface area contributed by atoms with Crippen LogP contribution in [0.2, 0.25) is 5.02 Å². The summed E-state index contributed by atoms with van der Waals surface area (Å²) >= 11 is 6.38. The first-order valence-corrected chi connectivity index (χ1v) is 24.6. The number of Topliss-reactive ketones (excluding diaryl/α,β-unsaturated/α-hetero) is 2. The molecular formula is C54H68ClN5O4. The first kappa shape index (κ1) is 46.3. The van der Waals surface area contributed by atoms with E-state index in [0.717, 1.165) is 94.0 Å². The van der Waals surface area contributed by atoms with E-state index in [4.69, 9.17) is 11.6 Å². The van der Waals surface area contributed by atoms with Crippen LogP contribution >= 0.6 is 11.6 Å². The van der Waals surface area contributed by atoms with Crippen molar-refractivity contribution in [3.05, 3.63) is 81.5 Å². The number of hydrogen-bond donors (Lipinski definition) is 1. The maximum absolute atomic E-state index is 13.7. The number of halogens is 1. The van der Waals surface area contributed by atoms with Gasteiger partial charge in [0.25, 0.3) is 11.8 Å². The van der Waals surface area contributed by atoms with Gasteiger partial charge >= 0.3 is 0 Å². The van der Waals surface area contributed by atoms with Crippen molar-refractivity contribution in [2.24, 2.45) is 40.4 Å². The number of fused-ring (bicyclic) bond motifs is 1. The van der Waals surface area contributed by atoms with Crippen LogP contribution in [0.25, 0.3) is 0 Å². The van der Waals surface area contributed by atoms with Crippen molar-refractivity contribution >= 4 is 35.0 Å². The minimum absolute atomic E-state index is 0.0886. The molecule has 3 saturated carbocycles. The maximum atomic E-state index is 13.7. The SMILES string of the molecule is C=C1CN([C@H]2C(C)(C)[C@H](CCc3ccc(C#N)c(Cl)c3)C2(C)C)CC(C#CC2CCN(CC3CCC(C(C)c4ccc5c(c4)C(=O)N(C4CCC(=O)CCCC4=O)C5=O)C3)CC2)CN1. The molecule has 2 saturated heterocycles. The van der Waals surface area contributed by atoms with Gasteiger partial charge in [-0.25, -0.2) is 0 Å². The van der Waals surface area contributed by atoms with Crippen molar-refractivity contribution < 1.29 is 19.2 Å². The highest BCUT2D eigenvalue weighted by atomic mass is 35.5. The van der Waals surface area contributed by atoms with Crippen LogP contribution in [-0.2, 0) is 16.0 Å². The molecule has 6 aliphatic rings. The summed E-state index contributed by atoms with van der Waals surface area (Å²) in [7, 11) is 0. The largest absolute Gasteiger partial charge is 0.386 e. The van der Waals surface area contributed by atoms with Crippen LogP contribution in [0.4, 0.5) is 0 Å². The van der Waals surface area contributed by atoms with Gasteiger partial charge in [-0.3, -0.25) is 29.0 Å². The summed E-state index contributed by atoms with van der Waals surface area (Å²) in [6.07, 6.45) is 9.25. The molecule has 9 nitrogen and oxygen atoms in total. The number of carbonyl (C=O) groups excluding carboxylic acids is 4. The molecule has 0 spiro atoms. The first-order chi connectivity index (χ1) is 30.5. The third-order valence-corrected chi connectivity index (χ3v) is 16.8. The lowest BCUT2D eigenvalue weighted by Gasteiger charge is -2.68. The summed E-state index contributed by atoms with van der Waals surface area (Å²) in [5, 5.41) is 13.5. The molecule has 3 heterocycles. The molecule has 5 unspecified atom stereocenters. The zero-order valence-electron chi connectivity index (χ0n) is 38.8. The van der Waals surface area contributed by atoms with Crippen LogP contribution < -0.4 is 5.32 Å². The van der Waals surface area contributed by atoms with Crippen LogP contribution in [0, 0.1) is 63.6 Å². The lowest BCUT2D eigenvalue weighted by molar-refractivity contribution is -0.181. The Morgan fingerprint density at radius 2 is 1.62 bits per heavy atom. The first-order valence-electron chi connectivity index (χ1n) is 24.2. The normalized spacial score (nSPS) is 29.4. The molecule has 2 aromatic rings. The Hall–Kier alpha value is -4.28. The molecule has 10 heteroatoms. The molecule has 0 bridgehead atoms. The Bertz CT molecular complexity index is 2260. The number of rotatable bonds is 9. The molecule has 340 valence electrons. The topological polar surface area (TPSA) is 114 Å². The number of amides is 2. The fourth-order valence-electron chi connectivity index (χ4n) is 13.5.